The summed E-state index contributed by atoms with van der Waals surface area (Å²) in [5, 5.41) is 0. The second-order valence-corrected chi connectivity index (χ2v) is 5.81. The van der Waals surface area contributed by atoms with E-state index in [1.807, 2.05) is 26.8 Å². The van der Waals surface area contributed by atoms with Gasteiger partial charge in [0.15, 0.2) is 0 Å². The predicted octanol–water partition coefficient (Wildman–Crippen LogP) is 4.83. The molecule has 0 spiro atoms. The summed E-state index contributed by atoms with van der Waals surface area (Å²) < 4.78 is 37.7. The molecule has 106 valence electrons. The van der Waals surface area contributed by atoms with E-state index in [2.05, 4.69) is 0 Å². The first kappa shape index (κ1) is 14.6. The third-order valence-corrected chi connectivity index (χ3v) is 3.27. The fraction of sp³-hybridized carbons (Fsp3) is 0.312. The van der Waals surface area contributed by atoms with E-state index in [1.54, 1.807) is 24.3 Å². The van der Waals surface area contributed by atoms with Crippen LogP contribution in [0.2, 0.25) is 0 Å². The molecule has 0 saturated carbocycles. The van der Waals surface area contributed by atoms with Gasteiger partial charge < -0.3 is 0 Å². The smallest absolute Gasteiger partial charge is 0.284 e. The number of alkyl halides is 3. The van der Waals surface area contributed by atoms with E-state index in [-0.39, 0.29) is 11.0 Å². The number of halogens is 3. The highest BCUT2D eigenvalue weighted by Crippen LogP contribution is 2.33. The number of carbonyl (C=O) groups excluding carboxylic acids is 1. The van der Waals surface area contributed by atoms with Crippen molar-refractivity contribution in [3.8, 4) is 11.1 Å². The topological polar surface area (TPSA) is 17.1 Å². The van der Waals surface area contributed by atoms with Crippen molar-refractivity contribution in [3.05, 3.63) is 47.5 Å². The minimum atomic E-state index is -4.84. The zero-order valence-electron chi connectivity index (χ0n) is 11.5. The third-order valence-electron chi connectivity index (χ3n) is 3.27. The van der Waals surface area contributed by atoms with Crippen LogP contribution < -0.4 is 0 Å². The van der Waals surface area contributed by atoms with Crippen molar-refractivity contribution in [1.82, 2.24) is 0 Å². The lowest BCUT2D eigenvalue weighted by molar-refractivity contribution is -0.0884. The molecular weight excluding hydrogens is 265 g/mol. The molecule has 4 heteroatoms. The molecule has 20 heavy (non-hydrogen) atoms. The number of hydrogen-bond acceptors (Lipinski definition) is 1. The summed E-state index contributed by atoms with van der Waals surface area (Å²) in [4.78, 5) is 11.4. The van der Waals surface area contributed by atoms with Crippen LogP contribution >= 0.6 is 0 Å². The van der Waals surface area contributed by atoms with Gasteiger partial charge in [0.1, 0.15) is 0 Å². The maximum absolute atomic E-state index is 12.6. The number of carbonyl (C=O) groups is 1. The zero-order valence-corrected chi connectivity index (χ0v) is 11.5. The highest BCUT2D eigenvalue weighted by molar-refractivity contribution is 6.06. The summed E-state index contributed by atoms with van der Waals surface area (Å²) in [6.45, 7) is 6.07. The Balaban J connectivity index is 2.56. The van der Waals surface area contributed by atoms with Gasteiger partial charge in [-0.1, -0.05) is 51.1 Å². The lowest BCUT2D eigenvalue weighted by atomic mass is 9.88. The summed E-state index contributed by atoms with van der Waals surface area (Å²) in [5.41, 5.74) is 1.57. The van der Waals surface area contributed by atoms with E-state index in [1.165, 1.54) is 6.07 Å². The molecule has 0 unspecified atom stereocenters. The Labute approximate surface area is 115 Å². The largest absolute Gasteiger partial charge is 0.454 e. The number of fused-ring (bicyclic) bond motifs is 1. The molecule has 0 amide bonds. The van der Waals surface area contributed by atoms with Gasteiger partial charge in [0.05, 0.1) is 0 Å². The molecule has 2 aliphatic carbocycles. The molecule has 0 aromatic heterocycles. The van der Waals surface area contributed by atoms with Crippen molar-refractivity contribution in [3.63, 3.8) is 0 Å². The van der Waals surface area contributed by atoms with Gasteiger partial charge in [0.25, 0.3) is 5.78 Å². The number of ketones is 1. The van der Waals surface area contributed by atoms with Gasteiger partial charge in [-0.3, -0.25) is 4.79 Å². The molecule has 0 bridgehead atoms. The second kappa shape index (κ2) is 4.62. The minimum Gasteiger partial charge on any atom is -0.284 e. The summed E-state index contributed by atoms with van der Waals surface area (Å²) in [7, 11) is 0. The van der Waals surface area contributed by atoms with Gasteiger partial charge in [-0.2, -0.15) is 13.2 Å². The van der Waals surface area contributed by atoms with Gasteiger partial charge in [-0.25, -0.2) is 0 Å². The van der Waals surface area contributed by atoms with Gasteiger partial charge in [0, 0.05) is 5.56 Å². The fourth-order valence-corrected chi connectivity index (χ4v) is 2.10. The van der Waals surface area contributed by atoms with E-state index in [0.29, 0.717) is 11.1 Å². The van der Waals surface area contributed by atoms with Crippen molar-refractivity contribution < 1.29 is 18.0 Å². The molecule has 2 aliphatic rings. The van der Waals surface area contributed by atoms with E-state index >= 15 is 0 Å². The molecule has 0 radical (unpaired) electrons. The summed E-state index contributed by atoms with van der Waals surface area (Å²) in [6.07, 6.45) is -4.84. The van der Waals surface area contributed by atoms with Crippen molar-refractivity contribution in [2.24, 2.45) is 0 Å². The predicted molar refractivity (Wildman–Crippen MR) is 72.1 cm³/mol. The second-order valence-electron chi connectivity index (χ2n) is 5.81. The van der Waals surface area contributed by atoms with Crippen molar-refractivity contribution in [1.29, 1.82) is 0 Å². The number of hydrogen-bond donors (Lipinski definition) is 0. The zero-order chi connectivity index (χ0) is 15.1. The van der Waals surface area contributed by atoms with Crippen molar-refractivity contribution in [2.75, 3.05) is 0 Å². The van der Waals surface area contributed by atoms with Crippen LogP contribution in [0.15, 0.2) is 36.4 Å². The first-order valence-corrected chi connectivity index (χ1v) is 6.25. The maximum Gasteiger partial charge on any atom is 0.454 e. The van der Waals surface area contributed by atoms with Crippen LogP contribution in [0.1, 0.15) is 36.7 Å². The molecule has 0 N–H and O–H groups in total. The Bertz CT molecular complexity index is 621. The Morgan fingerprint density at radius 2 is 1.45 bits per heavy atom. The van der Waals surface area contributed by atoms with Crippen LogP contribution in [-0.2, 0) is 5.41 Å². The standard InChI is InChI=1S/C16H15F3O/c1-15(2,3)11-6-4-10-5-8-13(12(10)9-7-11)14(20)16(17,18)19/h4-9H,1-3H3. The molecular formula is C16H15F3O. The minimum absolute atomic E-state index is 0.106. The third kappa shape index (κ3) is 2.69. The van der Waals surface area contributed by atoms with Crippen molar-refractivity contribution in [2.45, 2.75) is 32.4 Å². The molecule has 0 saturated heterocycles. The molecule has 0 atom stereocenters. The Kier molecular flexibility index (Phi) is 3.36. The normalized spacial score (nSPS) is 12.7. The lowest BCUT2D eigenvalue weighted by Gasteiger charge is -2.17. The van der Waals surface area contributed by atoms with Gasteiger partial charge >= 0.3 is 6.18 Å². The highest BCUT2D eigenvalue weighted by Gasteiger charge is 2.40. The van der Waals surface area contributed by atoms with Gasteiger partial charge in [0.2, 0.25) is 0 Å². The lowest BCUT2D eigenvalue weighted by Crippen LogP contribution is -2.22. The first-order chi connectivity index (χ1) is 9.10. The molecule has 2 rings (SSSR count). The van der Waals surface area contributed by atoms with E-state index in [4.69, 9.17) is 0 Å². The molecule has 0 aromatic carbocycles. The number of Topliss-reactive ketones (excluding diaryl/α,β-unsaturated/α-hetero) is 1. The summed E-state index contributed by atoms with van der Waals surface area (Å²) in [6, 6.07) is 9.77. The first-order valence-electron chi connectivity index (χ1n) is 6.25. The van der Waals surface area contributed by atoms with Gasteiger partial charge in [-0.15, -0.1) is 0 Å². The van der Waals surface area contributed by atoms with E-state index < -0.39 is 12.0 Å². The number of rotatable bonds is 1. The monoisotopic (exact) mass is 280 g/mol. The van der Waals surface area contributed by atoms with Crippen LogP contribution in [-0.4, -0.2) is 12.0 Å². The van der Waals surface area contributed by atoms with Crippen molar-refractivity contribution >= 4 is 5.78 Å². The van der Waals surface area contributed by atoms with Crippen LogP contribution in [0.4, 0.5) is 13.2 Å². The summed E-state index contributed by atoms with van der Waals surface area (Å²) >= 11 is 0. The SMILES string of the molecule is CC(C)(C)c1ccc2ccc(C(=O)C(F)(F)F)c-2cc1. The quantitative estimate of drug-likeness (QED) is 0.683. The van der Waals surface area contributed by atoms with Crippen LogP contribution in [0, 0.1) is 0 Å². The molecule has 0 aliphatic heterocycles. The molecule has 0 aromatic rings. The van der Waals surface area contributed by atoms with E-state index in [0.717, 1.165) is 5.56 Å². The Morgan fingerprint density at radius 3 is 2.00 bits per heavy atom. The van der Waals surface area contributed by atoms with E-state index in [9.17, 15) is 18.0 Å². The Morgan fingerprint density at radius 1 is 0.900 bits per heavy atom. The molecule has 0 fully saturated rings. The Hall–Kier alpha value is -1.84. The molecule has 1 nitrogen and oxygen atoms in total. The van der Waals surface area contributed by atoms with Crippen LogP contribution in [0.5, 0.6) is 0 Å². The van der Waals surface area contributed by atoms with Crippen LogP contribution in [0.3, 0.4) is 0 Å². The van der Waals surface area contributed by atoms with Crippen LogP contribution in [0.25, 0.3) is 11.1 Å². The van der Waals surface area contributed by atoms with Gasteiger partial charge in [-0.05, 0) is 28.2 Å². The summed E-state index contributed by atoms with van der Waals surface area (Å²) in [5.74, 6) is -1.80. The maximum atomic E-state index is 12.6. The highest BCUT2D eigenvalue weighted by atomic mass is 19.4. The molecule has 0 heterocycles. The average molecular weight is 280 g/mol. The fourth-order valence-electron chi connectivity index (χ4n) is 2.10. The average Bonchev–Trinajstić information content (AvgIpc) is 2.56.